The third-order valence-electron chi connectivity index (χ3n) is 3.13. The van der Waals surface area contributed by atoms with Crippen molar-refractivity contribution in [1.29, 1.82) is 0 Å². The van der Waals surface area contributed by atoms with Crippen molar-refractivity contribution in [2.24, 2.45) is 10.2 Å². The van der Waals surface area contributed by atoms with E-state index in [0.717, 1.165) is 22.2 Å². The second-order valence-corrected chi connectivity index (χ2v) is 6.22. The van der Waals surface area contributed by atoms with Gasteiger partial charge in [-0.2, -0.15) is 5.10 Å². The summed E-state index contributed by atoms with van der Waals surface area (Å²) in [5.41, 5.74) is 1.59. The molecule has 0 bridgehead atoms. The number of carbonyl (C=O) groups is 1. The van der Waals surface area contributed by atoms with E-state index in [1.165, 1.54) is 11.8 Å². The van der Waals surface area contributed by atoms with Crippen molar-refractivity contribution in [3.05, 3.63) is 54.5 Å². The number of amides is 1. The molecule has 1 atom stereocenters. The zero-order valence-electron chi connectivity index (χ0n) is 12.0. The Morgan fingerprint density at radius 3 is 2.77 bits per heavy atom. The fraction of sp³-hybridized carbons (Fsp3) is 0.188. The summed E-state index contributed by atoms with van der Waals surface area (Å²) in [5.74, 6) is 0.672. The summed E-state index contributed by atoms with van der Waals surface area (Å²) in [7, 11) is 0. The molecule has 5 nitrogen and oxygen atoms in total. The lowest BCUT2D eigenvalue weighted by atomic mass is 10.2. The summed E-state index contributed by atoms with van der Waals surface area (Å²) in [6, 6.07) is 13.1. The first-order chi connectivity index (χ1) is 10.7. The molecule has 0 spiro atoms. The molecule has 0 fully saturated rings. The Kier molecular flexibility index (Phi) is 4.39. The second kappa shape index (κ2) is 6.62. The number of para-hydroxylation sites is 1. The Hall–Kier alpha value is -2.34. The van der Waals surface area contributed by atoms with Gasteiger partial charge in [0.05, 0.1) is 11.5 Å². The number of carbonyl (C=O) groups excluding carboxylic acids is 1. The standard InChI is InChI=1S/C16H15N3O2S/c1-11(16(20)17-12-6-3-2-4-7-12)22-15-10-13(18-19-15)14-8-5-9-21-14/h2-9,11H,10H2,1H3,(H,17,20). The van der Waals surface area contributed by atoms with E-state index < -0.39 is 0 Å². The van der Waals surface area contributed by atoms with E-state index in [9.17, 15) is 4.79 Å². The van der Waals surface area contributed by atoms with Gasteiger partial charge >= 0.3 is 0 Å². The molecule has 1 aliphatic heterocycles. The van der Waals surface area contributed by atoms with Crippen molar-refractivity contribution in [2.45, 2.75) is 18.6 Å². The van der Waals surface area contributed by atoms with Gasteiger partial charge in [-0.3, -0.25) is 4.79 Å². The highest BCUT2D eigenvalue weighted by Gasteiger charge is 2.22. The summed E-state index contributed by atoms with van der Waals surface area (Å²) >= 11 is 1.42. The topological polar surface area (TPSA) is 67.0 Å². The summed E-state index contributed by atoms with van der Waals surface area (Å²) < 4.78 is 5.30. The van der Waals surface area contributed by atoms with Crippen LogP contribution in [0.25, 0.3) is 0 Å². The van der Waals surface area contributed by atoms with Crippen molar-refractivity contribution in [3.63, 3.8) is 0 Å². The zero-order valence-corrected chi connectivity index (χ0v) is 12.8. The van der Waals surface area contributed by atoms with Crippen molar-refractivity contribution in [3.8, 4) is 0 Å². The van der Waals surface area contributed by atoms with Crippen molar-refractivity contribution >= 4 is 34.1 Å². The van der Waals surface area contributed by atoms with Crippen molar-refractivity contribution in [1.82, 2.24) is 0 Å². The average Bonchev–Trinajstić information content (AvgIpc) is 3.19. The predicted molar refractivity (Wildman–Crippen MR) is 89.4 cm³/mol. The molecule has 3 rings (SSSR count). The minimum absolute atomic E-state index is 0.0506. The molecule has 1 aromatic heterocycles. The van der Waals surface area contributed by atoms with Crippen LogP contribution in [0.3, 0.4) is 0 Å². The maximum Gasteiger partial charge on any atom is 0.237 e. The van der Waals surface area contributed by atoms with Gasteiger partial charge in [-0.15, -0.1) is 5.10 Å². The van der Waals surface area contributed by atoms with Crippen LogP contribution in [0.15, 0.2) is 63.3 Å². The van der Waals surface area contributed by atoms with E-state index >= 15 is 0 Å². The summed E-state index contributed by atoms with van der Waals surface area (Å²) in [6.45, 7) is 1.86. The fourth-order valence-corrected chi connectivity index (χ4v) is 2.88. The van der Waals surface area contributed by atoms with Gasteiger partial charge in [-0.1, -0.05) is 30.0 Å². The van der Waals surface area contributed by atoms with Crippen LogP contribution in [-0.4, -0.2) is 21.9 Å². The number of nitrogens with zero attached hydrogens (tertiary/aromatic N) is 2. The van der Waals surface area contributed by atoms with Gasteiger partial charge in [0.25, 0.3) is 0 Å². The number of nitrogens with one attached hydrogen (secondary N) is 1. The summed E-state index contributed by atoms with van der Waals surface area (Å²) in [5, 5.41) is 11.7. The quantitative estimate of drug-likeness (QED) is 0.938. The first-order valence-corrected chi connectivity index (χ1v) is 7.80. The number of thioether (sulfide) groups is 1. The van der Waals surface area contributed by atoms with Crippen LogP contribution in [0.2, 0.25) is 0 Å². The molecule has 1 aromatic carbocycles. The van der Waals surface area contributed by atoms with Crippen LogP contribution in [0, 0.1) is 0 Å². The maximum absolute atomic E-state index is 12.2. The van der Waals surface area contributed by atoms with Crippen LogP contribution < -0.4 is 5.32 Å². The number of furan rings is 1. The predicted octanol–water partition coefficient (Wildman–Crippen LogP) is 3.55. The van der Waals surface area contributed by atoms with E-state index in [4.69, 9.17) is 4.42 Å². The number of rotatable bonds is 4. The van der Waals surface area contributed by atoms with Gasteiger partial charge < -0.3 is 9.73 Å². The number of anilines is 1. The molecular weight excluding hydrogens is 298 g/mol. The van der Waals surface area contributed by atoms with Crippen LogP contribution in [-0.2, 0) is 4.79 Å². The molecule has 0 saturated carbocycles. The smallest absolute Gasteiger partial charge is 0.237 e. The van der Waals surface area contributed by atoms with Crippen molar-refractivity contribution < 1.29 is 9.21 Å². The number of benzene rings is 1. The lowest BCUT2D eigenvalue weighted by Gasteiger charge is -2.11. The van der Waals surface area contributed by atoms with E-state index in [2.05, 4.69) is 15.5 Å². The average molecular weight is 313 g/mol. The Morgan fingerprint density at radius 1 is 1.23 bits per heavy atom. The molecule has 1 amide bonds. The minimum Gasteiger partial charge on any atom is -0.463 e. The fourth-order valence-electron chi connectivity index (χ4n) is 2.00. The van der Waals surface area contributed by atoms with E-state index in [1.54, 1.807) is 6.26 Å². The molecule has 0 aliphatic carbocycles. The highest BCUT2D eigenvalue weighted by atomic mass is 32.2. The van der Waals surface area contributed by atoms with E-state index in [0.29, 0.717) is 6.42 Å². The Bertz CT molecular complexity index is 708. The largest absolute Gasteiger partial charge is 0.463 e. The zero-order chi connectivity index (χ0) is 15.4. The molecular formula is C16H15N3O2S. The van der Waals surface area contributed by atoms with Crippen LogP contribution in [0.4, 0.5) is 5.69 Å². The second-order valence-electron chi connectivity index (χ2n) is 4.81. The first kappa shape index (κ1) is 14.6. The monoisotopic (exact) mass is 313 g/mol. The number of hydrogen-bond acceptors (Lipinski definition) is 5. The first-order valence-electron chi connectivity index (χ1n) is 6.92. The lowest BCUT2D eigenvalue weighted by Crippen LogP contribution is -2.23. The highest BCUT2D eigenvalue weighted by Crippen LogP contribution is 2.23. The Labute approximate surface area is 132 Å². The molecule has 1 N–H and O–H groups in total. The Morgan fingerprint density at radius 2 is 2.05 bits per heavy atom. The van der Waals surface area contributed by atoms with Gasteiger partial charge in [0, 0.05) is 12.1 Å². The molecule has 22 heavy (non-hydrogen) atoms. The van der Waals surface area contributed by atoms with Gasteiger partial charge in [-0.05, 0) is 31.2 Å². The van der Waals surface area contributed by atoms with Crippen LogP contribution in [0.5, 0.6) is 0 Å². The van der Waals surface area contributed by atoms with Gasteiger partial charge in [0.2, 0.25) is 5.91 Å². The van der Waals surface area contributed by atoms with Crippen LogP contribution in [0.1, 0.15) is 19.1 Å². The minimum atomic E-state index is -0.245. The third-order valence-corrected chi connectivity index (χ3v) is 4.20. The summed E-state index contributed by atoms with van der Waals surface area (Å²) in [6.07, 6.45) is 2.21. The normalized spacial score (nSPS) is 15.1. The Balaban J connectivity index is 1.53. The molecule has 0 radical (unpaired) electrons. The molecule has 0 saturated heterocycles. The number of hydrogen-bond donors (Lipinski definition) is 1. The molecule has 2 heterocycles. The molecule has 2 aromatic rings. The highest BCUT2D eigenvalue weighted by molar-refractivity contribution is 8.15. The maximum atomic E-state index is 12.2. The van der Waals surface area contributed by atoms with Gasteiger partial charge in [0.15, 0.2) is 0 Å². The SMILES string of the molecule is CC(SC1=NN=C(c2ccco2)C1)C(=O)Nc1ccccc1. The van der Waals surface area contributed by atoms with Crippen LogP contribution >= 0.6 is 11.8 Å². The molecule has 1 unspecified atom stereocenters. The van der Waals surface area contributed by atoms with Gasteiger partial charge in [-0.25, -0.2) is 0 Å². The van der Waals surface area contributed by atoms with Crippen molar-refractivity contribution in [2.75, 3.05) is 5.32 Å². The van der Waals surface area contributed by atoms with E-state index in [-0.39, 0.29) is 11.2 Å². The molecule has 112 valence electrons. The van der Waals surface area contributed by atoms with E-state index in [1.807, 2.05) is 49.4 Å². The summed E-state index contributed by atoms with van der Waals surface area (Å²) in [4.78, 5) is 12.2. The third kappa shape index (κ3) is 3.46. The van der Waals surface area contributed by atoms with Gasteiger partial charge in [0.1, 0.15) is 16.5 Å². The molecule has 1 aliphatic rings. The lowest BCUT2D eigenvalue weighted by molar-refractivity contribution is -0.115. The molecule has 6 heteroatoms.